The van der Waals surface area contributed by atoms with E-state index < -0.39 is 0 Å². The fourth-order valence-electron chi connectivity index (χ4n) is 2.30. The summed E-state index contributed by atoms with van der Waals surface area (Å²) in [5.41, 5.74) is 2.28. The lowest BCUT2D eigenvalue weighted by Crippen LogP contribution is -2.25. The molecule has 1 aliphatic heterocycles. The summed E-state index contributed by atoms with van der Waals surface area (Å²) in [5, 5.41) is 0. The van der Waals surface area contributed by atoms with Crippen LogP contribution in [0.5, 0.6) is 0 Å². The van der Waals surface area contributed by atoms with E-state index >= 15 is 0 Å². The number of rotatable bonds is 2. The van der Waals surface area contributed by atoms with Crippen molar-refractivity contribution in [3.05, 3.63) is 36.2 Å². The number of ketones is 1. The average Bonchev–Trinajstić information content (AvgIpc) is 2.47. The first-order valence-electron chi connectivity index (χ1n) is 6.17. The molecule has 18 heavy (non-hydrogen) atoms. The van der Waals surface area contributed by atoms with E-state index in [-0.39, 0.29) is 11.7 Å². The van der Waals surface area contributed by atoms with Crippen LogP contribution in [0.25, 0.3) is 11.0 Å². The molecular weight excluding hydrogens is 228 g/mol. The maximum atomic E-state index is 12.3. The Bertz CT molecular complexity index is 577. The minimum Gasteiger partial charge on any atom is -0.381 e. The Morgan fingerprint density at radius 2 is 2.06 bits per heavy atom. The van der Waals surface area contributed by atoms with Gasteiger partial charge in [0, 0.05) is 30.5 Å². The number of aromatic nitrogens is 2. The Kier molecular flexibility index (Phi) is 3.02. The minimum atomic E-state index is -0.00660. The van der Waals surface area contributed by atoms with Gasteiger partial charge < -0.3 is 4.74 Å². The van der Waals surface area contributed by atoms with Crippen LogP contribution in [0.1, 0.15) is 23.2 Å². The van der Waals surface area contributed by atoms with Gasteiger partial charge in [-0.25, -0.2) is 0 Å². The summed E-state index contributed by atoms with van der Waals surface area (Å²) >= 11 is 0. The van der Waals surface area contributed by atoms with Crippen LogP contribution in [0.15, 0.2) is 30.6 Å². The summed E-state index contributed by atoms with van der Waals surface area (Å²) in [7, 11) is 0. The van der Waals surface area contributed by atoms with Crippen LogP contribution < -0.4 is 0 Å². The number of nitrogens with zero attached hydrogens (tertiary/aromatic N) is 2. The second-order valence-corrected chi connectivity index (χ2v) is 4.54. The zero-order valence-electron chi connectivity index (χ0n) is 10.0. The Morgan fingerprint density at radius 1 is 1.22 bits per heavy atom. The van der Waals surface area contributed by atoms with E-state index in [1.807, 2.05) is 18.2 Å². The topological polar surface area (TPSA) is 52.1 Å². The number of Topliss-reactive ketones (excluding diaryl/α,β-unsaturated/α-hetero) is 1. The van der Waals surface area contributed by atoms with Gasteiger partial charge in [0.25, 0.3) is 0 Å². The standard InChI is InChI=1S/C14H14N2O2/c17-14(11-2-1-7-18-9-11)10-3-4-12-13(8-10)16-6-5-15-12/h3-6,8,11H,1-2,7,9H2. The average molecular weight is 242 g/mol. The molecule has 1 fully saturated rings. The predicted molar refractivity (Wildman–Crippen MR) is 67.4 cm³/mol. The first-order chi connectivity index (χ1) is 8.84. The monoisotopic (exact) mass is 242 g/mol. The number of fused-ring (bicyclic) bond motifs is 1. The van der Waals surface area contributed by atoms with Crippen molar-refractivity contribution in [2.75, 3.05) is 13.2 Å². The first-order valence-corrected chi connectivity index (χ1v) is 6.17. The molecule has 2 heterocycles. The first kappa shape index (κ1) is 11.3. The lowest BCUT2D eigenvalue weighted by molar-refractivity contribution is 0.0461. The van der Waals surface area contributed by atoms with E-state index in [4.69, 9.17) is 4.74 Å². The smallest absolute Gasteiger partial charge is 0.168 e. The van der Waals surface area contributed by atoms with Crippen molar-refractivity contribution in [3.63, 3.8) is 0 Å². The molecule has 1 saturated heterocycles. The van der Waals surface area contributed by atoms with Crippen LogP contribution >= 0.6 is 0 Å². The highest BCUT2D eigenvalue weighted by Crippen LogP contribution is 2.20. The number of benzene rings is 1. The highest BCUT2D eigenvalue weighted by atomic mass is 16.5. The lowest BCUT2D eigenvalue weighted by Gasteiger charge is -2.20. The minimum absolute atomic E-state index is 0.00660. The van der Waals surface area contributed by atoms with Crippen molar-refractivity contribution in [3.8, 4) is 0 Å². The number of ether oxygens (including phenoxy) is 1. The number of carbonyl (C=O) groups excluding carboxylic acids is 1. The molecule has 0 bridgehead atoms. The van der Waals surface area contributed by atoms with E-state index in [0.29, 0.717) is 12.2 Å². The Morgan fingerprint density at radius 3 is 2.83 bits per heavy atom. The zero-order valence-corrected chi connectivity index (χ0v) is 10.0. The second kappa shape index (κ2) is 4.82. The predicted octanol–water partition coefficient (Wildman–Crippen LogP) is 2.24. The highest BCUT2D eigenvalue weighted by molar-refractivity contribution is 6.00. The summed E-state index contributed by atoms with van der Waals surface area (Å²) < 4.78 is 5.36. The molecule has 2 aromatic rings. The fraction of sp³-hybridized carbons (Fsp3) is 0.357. The van der Waals surface area contributed by atoms with E-state index in [1.54, 1.807) is 12.4 Å². The van der Waals surface area contributed by atoms with Gasteiger partial charge in [0.05, 0.1) is 17.6 Å². The van der Waals surface area contributed by atoms with Crippen molar-refractivity contribution in [1.29, 1.82) is 0 Å². The van der Waals surface area contributed by atoms with Crippen molar-refractivity contribution in [2.24, 2.45) is 5.92 Å². The summed E-state index contributed by atoms with van der Waals surface area (Å²) in [4.78, 5) is 20.7. The van der Waals surface area contributed by atoms with Crippen molar-refractivity contribution < 1.29 is 9.53 Å². The molecular formula is C14H14N2O2. The van der Waals surface area contributed by atoms with Gasteiger partial charge in [-0.1, -0.05) is 0 Å². The molecule has 1 unspecified atom stereocenters. The molecule has 0 saturated carbocycles. The summed E-state index contributed by atoms with van der Waals surface area (Å²) in [6.45, 7) is 1.31. The quantitative estimate of drug-likeness (QED) is 0.758. The van der Waals surface area contributed by atoms with Crippen LogP contribution in [0.3, 0.4) is 0 Å². The molecule has 0 N–H and O–H groups in total. The van der Waals surface area contributed by atoms with E-state index in [0.717, 1.165) is 30.5 Å². The third-order valence-corrected chi connectivity index (χ3v) is 3.28. The van der Waals surface area contributed by atoms with Crippen molar-refractivity contribution >= 4 is 16.8 Å². The number of hydrogen-bond acceptors (Lipinski definition) is 4. The lowest BCUT2D eigenvalue weighted by atomic mass is 9.92. The maximum absolute atomic E-state index is 12.3. The molecule has 0 radical (unpaired) electrons. The highest BCUT2D eigenvalue weighted by Gasteiger charge is 2.23. The molecule has 4 heteroatoms. The van der Waals surface area contributed by atoms with E-state index in [1.165, 1.54) is 0 Å². The van der Waals surface area contributed by atoms with Crippen LogP contribution in [-0.4, -0.2) is 29.0 Å². The summed E-state index contributed by atoms with van der Waals surface area (Å²) in [6.07, 6.45) is 5.17. The molecule has 1 aromatic carbocycles. The van der Waals surface area contributed by atoms with Gasteiger partial charge in [0.2, 0.25) is 0 Å². The van der Waals surface area contributed by atoms with Crippen molar-refractivity contribution in [2.45, 2.75) is 12.8 Å². The van der Waals surface area contributed by atoms with Crippen LogP contribution in [0.4, 0.5) is 0 Å². The van der Waals surface area contributed by atoms with Gasteiger partial charge in [0.1, 0.15) is 0 Å². The van der Waals surface area contributed by atoms with E-state index in [9.17, 15) is 4.79 Å². The van der Waals surface area contributed by atoms with Crippen LogP contribution in [0.2, 0.25) is 0 Å². The Balaban J connectivity index is 1.91. The normalized spacial score (nSPS) is 19.9. The largest absolute Gasteiger partial charge is 0.381 e. The van der Waals surface area contributed by atoms with Gasteiger partial charge in [-0.05, 0) is 31.0 Å². The number of hydrogen-bond donors (Lipinski definition) is 0. The molecule has 0 amide bonds. The van der Waals surface area contributed by atoms with Crippen LogP contribution in [0, 0.1) is 5.92 Å². The van der Waals surface area contributed by atoms with Crippen molar-refractivity contribution in [1.82, 2.24) is 9.97 Å². The second-order valence-electron chi connectivity index (χ2n) is 4.54. The van der Waals surface area contributed by atoms with Gasteiger partial charge >= 0.3 is 0 Å². The van der Waals surface area contributed by atoms with Gasteiger partial charge in [-0.2, -0.15) is 0 Å². The summed E-state index contributed by atoms with van der Waals surface area (Å²) in [5.74, 6) is 0.148. The van der Waals surface area contributed by atoms with Gasteiger partial charge in [-0.15, -0.1) is 0 Å². The molecule has 1 aromatic heterocycles. The number of carbonyl (C=O) groups is 1. The Hall–Kier alpha value is -1.81. The summed E-state index contributed by atoms with van der Waals surface area (Å²) in [6, 6.07) is 5.49. The molecule has 1 aliphatic rings. The zero-order chi connectivity index (χ0) is 12.4. The molecule has 3 rings (SSSR count). The Labute approximate surface area is 105 Å². The van der Waals surface area contributed by atoms with Gasteiger partial charge in [0.15, 0.2) is 5.78 Å². The van der Waals surface area contributed by atoms with Gasteiger partial charge in [-0.3, -0.25) is 14.8 Å². The third-order valence-electron chi connectivity index (χ3n) is 3.28. The molecule has 4 nitrogen and oxygen atoms in total. The third kappa shape index (κ3) is 2.11. The maximum Gasteiger partial charge on any atom is 0.168 e. The SMILES string of the molecule is O=C(c1ccc2nccnc2c1)C1CCCOC1. The fourth-order valence-corrected chi connectivity index (χ4v) is 2.30. The molecule has 1 atom stereocenters. The molecule has 0 spiro atoms. The molecule has 0 aliphatic carbocycles. The molecule has 92 valence electrons. The van der Waals surface area contributed by atoms with Crippen LogP contribution in [-0.2, 0) is 4.74 Å². The van der Waals surface area contributed by atoms with E-state index in [2.05, 4.69) is 9.97 Å².